The molecule has 0 N–H and O–H groups in total. The summed E-state index contributed by atoms with van der Waals surface area (Å²) in [6.45, 7) is 11.4. The number of nitro groups is 1. The summed E-state index contributed by atoms with van der Waals surface area (Å²) in [5, 5.41) is 12.0. The van der Waals surface area contributed by atoms with Crippen LogP contribution < -0.4 is 0 Å². The molecule has 214 valence electrons. The Labute approximate surface area is 238 Å². The van der Waals surface area contributed by atoms with Crippen LogP contribution >= 0.6 is 11.8 Å². The molecule has 2 heterocycles. The van der Waals surface area contributed by atoms with E-state index < -0.39 is 22.1 Å². The second kappa shape index (κ2) is 12.8. The van der Waals surface area contributed by atoms with E-state index in [2.05, 4.69) is 6.58 Å². The molecule has 2 atom stereocenters. The minimum atomic E-state index is -0.600. The van der Waals surface area contributed by atoms with Crippen molar-refractivity contribution >= 4 is 35.0 Å². The zero-order valence-electron chi connectivity index (χ0n) is 23.0. The van der Waals surface area contributed by atoms with Crippen molar-refractivity contribution in [2.75, 3.05) is 39.4 Å². The van der Waals surface area contributed by atoms with Crippen molar-refractivity contribution in [1.29, 1.82) is 0 Å². The number of amides is 2. The minimum Gasteiger partial charge on any atom is -0.444 e. The molecule has 11 heteroatoms. The summed E-state index contributed by atoms with van der Waals surface area (Å²) < 4.78 is 17.3. The molecule has 2 aliphatic heterocycles. The Hall–Kier alpha value is -3.41. The summed E-state index contributed by atoms with van der Waals surface area (Å²) in [4.78, 5) is 40.6. The third kappa shape index (κ3) is 7.83. The highest BCUT2D eigenvalue weighted by atomic mass is 32.2. The van der Waals surface area contributed by atoms with E-state index in [1.165, 1.54) is 17.8 Å². The molecule has 0 bridgehead atoms. The lowest BCUT2D eigenvalue weighted by molar-refractivity contribution is -0.387. The first kappa shape index (κ1) is 29.6. The third-order valence-electron chi connectivity index (χ3n) is 6.45. The SMILES string of the molecule is C=C(C(=O)N1CCN(C(=O)OC(C)(C)C)CC1)c1ccc(SC2COCC(Cc3ccccc3)O2)c([N+](=O)[O-])c1. The summed E-state index contributed by atoms with van der Waals surface area (Å²) >= 11 is 1.23. The van der Waals surface area contributed by atoms with Gasteiger partial charge in [0.05, 0.1) is 29.1 Å². The number of ether oxygens (including phenoxy) is 3. The van der Waals surface area contributed by atoms with Crippen molar-refractivity contribution in [2.24, 2.45) is 0 Å². The molecule has 0 spiro atoms. The van der Waals surface area contributed by atoms with E-state index in [9.17, 15) is 19.7 Å². The Morgan fingerprint density at radius 3 is 2.40 bits per heavy atom. The molecule has 2 fully saturated rings. The van der Waals surface area contributed by atoms with Crippen LogP contribution in [0.15, 0.2) is 60.0 Å². The van der Waals surface area contributed by atoms with Gasteiger partial charge >= 0.3 is 6.09 Å². The van der Waals surface area contributed by atoms with Gasteiger partial charge in [-0.2, -0.15) is 0 Å². The predicted molar refractivity (Wildman–Crippen MR) is 152 cm³/mol. The average Bonchev–Trinajstić information content (AvgIpc) is 2.92. The molecule has 2 unspecified atom stereocenters. The van der Waals surface area contributed by atoms with Crippen molar-refractivity contribution in [3.05, 3.63) is 76.4 Å². The molecule has 4 rings (SSSR count). The molecule has 2 aliphatic rings. The highest BCUT2D eigenvalue weighted by Gasteiger charge is 2.30. The zero-order chi connectivity index (χ0) is 28.9. The number of carbonyl (C=O) groups excluding carboxylic acids is 2. The third-order valence-corrected chi connectivity index (χ3v) is 7.56. The standard InChI is InChI=1S/C29H35N3O7S/c1-20(27(33)30-12-14-31(15-13-30)28(34)39-29(2,3)4)22-10-11-25(24(17-22)32(35)36)40-26-19-37-18-23(38-26)16-21-8-6-5-7-9-21/h5-11,17,23,26H,1,12-16,18-19H2,2-4H3. The molecule has 0 saturated carbocycles. The number of benzene rings is 2. The van der Waals surface area contributed by atoms with E-state index in [1.54, 1.807) is 42.7 Å². The average molecular weight is 570 g/mol. The van der Waals surface area contributed by atoms with Gasteiger partial charge in [0.15, 0.2) is 0 Å². The van der Waals surface area contributed by atoms with Crippen LogP contribution in [0.3, 0.4) is 0 Å². The maximum Gasteiger partial charge on any atom is 0.410 e. The van der Waals surface area contributed by atoms with Crippen LogP contribution in [-0.4, -0.2) is 83.3 Å². The number of nitro benzene ring substituents is 1. The summed E-state index contributed by atoms with van der Waals surface area (Å²) in [5.41, 5.74) is 0.533. The highest BCUT2D eigenvalue weighted by molar-refractivity contribution is 8.00. The van der Waals surface area contributed by atoms with Crippen molar-refractivity contribution < 1.29 is 28.7 Å². The van der Waals surface area contributed by atoms with Crippen molar-refractivity contribution in [3.8, 4) is 0 Å². The fourth-order valence-corrected chi connectivity index (χ4v) is 5.52. The fraction of sp³-hybridized carbons (Fsp3) is 0.448. The lowest BCUT2D eigenvalue weighted by atomic mass is 10.1. The van der Waals surface area contributed by atoms with Gasteiger partial charge in [0.1, 0.15) is 11.0 Å². The molecule has 2 saturated heterocycles. The van der Waals surface area contributed by atoms with Gasteiger partial charge < -0.3 is 24.0 Å². The Balaban J connectivity index is 1.37. The summed E-state index contributed by atoms with van der Waals surface area (Å²) in [5.74, 6) is -0.327. The largest absolute Gasteiger partial charge is 0.444 e. The number of thioether (sulfide) groups is 1. The molecule has 2 aromatic rings. The molecule has 0 aromatic heterocycles. The lowest BCUT2D eigenvalue weighted by Crippen LogP contribution is -2.51. The van der Waals surface area contributed by atoms with E-state index in [-0.39, 0.29) is 23.3 Å². The number of nitrogens with zero attached hydrogens (tertiary/aromatic N) is 3. The number of piperazine rings is 1. The zero-order valence-corrected chi connectivity index (χ0v) is 23.9. The van der Waals surface area contributed by atoms with Gasteiger partial charge in [-0.05, 0) is 38.0 Å². The Bertz CT molecular complexity index is 1240. The molecule has 2 amide bonds. The number of hydrogen-bond donors (Lipinski definition) is 0. The quantitative estimate of drug-likeness (QED) is 0.267. The molecule has 2 aromatic carbocycles. The van der Waals surface area contributed by atoms with Gasteiger partial charge in [-0.15, -0.1) is 0 Å². The van der Waals surface area contributed by atoms with Crippen LogP contribution in [0.1, 0.15) is 31.9 Å². The first-order chi connectivity index (χ1) is 19.0. The summed E-state index contributed by atoms with van der Waals surface area (Å²) in [6.07, 6.45) is 0.119. The van der Waals surface area contributed by atoms with Crippen LogP contribution in [0, 0.1) is 10.1 Å². The Morgan fingerprint density at radius 2 is 1.75 bits per heavy atom. The first-order valence-corrected chi connectivity index (χ1v) is 14.1. The fourth-order valence-electron chi connectivity index (χ4n) is 4.46. The van der Waals surface area contributed by atoms with Gasteiger partial charge in [-0.25, -0.2) is 4.79 Å². The molecule has 0 aliphatic carbocycles. The van der Waals surface area contributed by atoms with E-state index in [1.807, 2.05) is 30.3 Å². The van der Waals surface area contributed by atoms with Crippen molar-refractivity contribution in [3.63, 3.8) is 0 Å². The first-order valence-electron chi connectivity index (χ1n) is 13.2. The van der Waals surface area contributed by atoms with E-state index in [4.69, 9.17) is 14.2 Å². The normalized spacial score (nSPS) is 19.7. The number of carbonyl (C=O) groups is 2. The molecule has 0 radical (unpaired) electrons. The highest BCUT2D eigenvalue weighted by Crippen LogP contribution is 2.36. The topological polar surface area (TPSA) is 111 Å². The second-order valence-corrected chi connectivity index (χ2v) is 11.9. The van der Waals surface area contributed by atoms with Gasteiger partial charge in [0, 0.05) is 44.2 Å². The van der Waals surface area contributed by atoms with Gasteiger partial charge in [0.25, 0.3) is 11.6 Å². The molecule has 10 nitrogen and oxygen atoms in total. The summed E-state index contributed by atoms with van der Waals surface area (Å²) in [6, 6.07) is 14.6. The number of rotatable bonds is 7. The monoisotopic (exact) mass is 569 g/mol. The van der Waals surface area contributed by atoms with Gasteiger partial charge in [0.2, 0.25) is 0 Å². The Morgan fingerprint density at radius 1 is 1.07 bits per heavy atom. The van der Waals surface area contributed by atoms with Crippen LogP contribution in [0.2, 0.25) is 0 Å². The molecular formula is C29H35N3O7S. The molecule has 40 heavy (non-hydrogen) atoms. The number of hydrogen-bond acceptors (Lipinski definition) is 8. The maximum absolute atomic E-state index is 13.2. The minimum absolute atomic E-state index is 0.125. The van der Waals surface area contributed by atoms with Crippen LogP contribution in [0.4, 0.5) is 10.5 Å². The van der Waals surface area contributed by atoms with Crippen LogP contribution in [0.5, 0.6) is 0 Å². The predicted octanol–water partition coefficient (Wildman–Crippen LogP) is 4.76. The van der Waals surface area contributed by atoms with Crippen LogP contribution in [-0.2, 0) is 25.4 Å². The van der Waals surface area contributed by atoms with Crippen molar-refractivity contribution in [2.45, 2.75) is 49.2 Å². The second-order valence-electron chi connectivity index (χ2n) is 10.7. The van der Waals surface area contributed by atoms with Gasteiger partial charge in [-0.1, -0.05) is 54.7 Å². The van der Waals surface area contributed by atoms with Crippen molar-refractivity contribution in [1.82, 2.24) is 9.80 Å². The lowest BCUT2D eigenvalue weighted by Gasteiger charge is -2.35. The van der Waals surface area contributed by atoms with E-state index >= 15 is 0 Å². The Kier molecular flexibility index (Phi) is 9.49. The summed E-state index contributed by atoms with van der Waals surface area (Å²) in [7, 11) is 0. The maximum atomic E-state index is 13.2. The van der Waals surface area contributed by atoms with E-state index in [0.717, 1.165) is 5.56 Å². The molecular weight excluding hydrogens is 534 g/mol. The smallest absolute Gasteiger partial charge is 0.410 e. The van der Waals surface area contributed by atoms with Crippen LogP contribution in [0.25, 0.3) is 5.57 Å². The van der Waals surface area contributed by atoms with Gasteiger partial charge in [-0.3, -0.25) is 14.9 Å². The van der Waals surface area contributed by atoms with E-state index in [0.29, 0.717) is 56.3 Å².